The molecule has 336 valence electrons. The third-order valence-electron chi connectivity index (χ3n) is 13.0. The second-order valence-electron chi connectivity index (χ2n) is 19.9. The molecule has 0 N–H and O–H groups in total. The molecule has 0 bridgehead atoms. The first-order valence-corrected chi connectivity index (χ1v) is 22.9. The minimum Gasteiger partial charge on any atom is -0.509 e. The summed E-state index contributed by atoms with van der Waals surface area (Å²) < 4.78 is 9.32. The van der Waals surface area contributed by atoms with Crippen molar-refractivity contribution >= 4 is 38.9 Å². The summed E-state index contributed by atoms with van der Waals surface area (Å²) in [6.07, 6.45) is 1.95. The van der Waals surface area contributed by atoms with Gasteiger partial charge in [-0.25, -0.2) is 4.98 Å². The van der Waals surface area contributed by atoms with Crippen LogP contribution in [-0.4, -0.2) is 16.6 Å². The Labute approximate surface area is 401 Å². The first-order valence-electron chi connectivity index (χ1n) is 22.9. The topological polar surface area (TPSA) is 33.5 Å². The van der Waals surface area contributed by atoms with E-state index in [-0.39, 0.29) is 26.5 Å². The predicted octanol–water partition coefficient (Wildman–Crippen LogP) is 16.2. The van der Waals surface area contributed by atoms with E-state index in [2.05, 4.69) is 226 Å². The van der Waals surface area contributed by atoms with Crippen molar-refractivity contribution in [2.75, 3.05) is 16.8 Å². The maximum Gasteiger partial charge on any atom is 0.135 e. The van der Waals surface area contributed by atoms with Crippen molar-refractivity contribution in [3.05, 3.63) is 167 Å². The summed E-state index contributed by atoms with van der Waals surface area (Å²) in [5.74, 6) is 3.16. The number of fused-ring (bicyclic) bond motifs is 4. The van der Waals surface area contributed by atoms with E-state index in [1.807, 2.05) is 6.20 Å². The van der Waals surface area contributed by atoms with Gasteiger partial charge in [0.2, 0.25) is 0 Å². The molecule has 0 saturated heterocycles. The average molecular weight is 1040 g/mol. The Morgan fingerprint density at radius 2 is 1.34 bits per heavy atom. The van der Waals surface area contributed by atoms with Crippen molar-refractivity contribution in [3.8, 4) is 39.6 Å². The summed E-state index contributed by atoms with van der Waals surface area (Å²) in [6, 6.07) is 45.2. The molecule has 6 aromatic carbocycles. The maximum absolute atomic E-state index is 6.98. The molecule has 0 saturated carbocycles. The van der Waals surface area contributed by atoms with Crippen LogP contribution in [0.1, 0.15) is 119 Å². The van der Waals surface area contributed by atoms with Crippen molar-refractivity contribution in [1.82, 2.24) is 9.55 Å². The largest absolute Gasteiger partial charge is 0.509 e. The van der Waals surface area contributed by atoms with Gasteiger partial charge in [-0.05, 0) is 125 Å². The molecule has 6 heteroatoms. The van der Waals surface area contributed by atoms with Gasteiger partial charge in [-0.1, -0.05) is 128 Å². The Kier molecular flexibility index (Phi) is 12.5. The van der Waals surface area contributed by atoms with E-state index in [9.17, 15) is 0 Å². The maximum atomic E-state index is 6.98. The van der Waals surface area contributed by atoms with Gasteiger partial charge in [0.1, 0.15) is 5.82 Å². The molecule has 8 aromatic rings. The van der Waals surface area contributed by atoms with Gasteiger partial charge >= 0.3 is 0 Å². The molecular weight excluding hydrogens is 976 g/mol. The number of ether oxygens (including phenoxy) is 1. The van der Waals surface area contributed by atoms with Crippen LogP contribution in [0.5, 0.6) is 11.5 Å². The van der Waals surface area contributed by atoms with Crippen LogP contribution in [0, 0.1) is 39.6 Å². The summed E-state index contributed by atoms with van der Waals surface area (Å²) in [5, 5.41) is 2.25. The van der Waals surface area contributed by atoms with Gasteiger partial charge in [0, 0.05) is 61.2 Å². The monoisotopic (exact) mass is 1040 g/mol. The Balaban J connectivity index is 0.00000576. The van der Waals surface area contributed by atoms with E-state index >= 15 is 0 Å². The molecule has 0 aliphatic carbocycles. The molecule has 0 radical (unpaired) electrons. The van der Waals surface area contributed by atoms with E-state index in [0.29, 0.717) is 29.3 Å². The zero-order valence-corrected chi connectivity index (χ0v) is 42.5. The molecule has 65 heavy (non-hydrogen) atoms. The van der Waals surface area contributed by atoms with Crippen LogP contribution in [0.3, 0.4) is 0 Å². The fourth-order valence-electron chi connectivity index (χ4n) is 9.80. The molecule has 1 aliphatic rings. The summed E-state index contributed by atoms with van der Waals surface area (Å²) in [6.45, 7) is 29.4. The molecule has 2 aromatic heterocycles. The number of aromatic nitrogens is 2. The van der Waals surface area contributed by atoms with E-state index in [4.69, 9.17) is 9.72 Å². The molecule has 9 rings (SSSR count). The van der Waals surface area contributed by atoms with Gasteiger partial charge in [0.05, 0.1) is 0 Å². The van der Waals surface area contributed by atoms with Gasteiger partial charge in [0.15, 0.2) is 0 Å². The first kappa shape index (κ1) is 45.9. The van der Waals surface area contributed by atoms with Crippen LogP contribution >= 0.6 is 0 Å². The molecule has 0 spiro atoms. The third kappa shape index (κ3) is 8.42. The molecule has 5 nitrogen and oxygen atoms in total. The minimum atomic E-state index is -0.0750. The van der Waals surface area contributed by atoms with Crippen LogP contribution in [0.15, 0.2) is 109 Å². The second kappa shape index (κ2) is 17.6. The van der Waals surface area contributed by atoms with Crippen LogP contribution in [0.25, 0.3) is 49.9 Å². The van der Waals surface area contributed by atoms with Crippen molar-refractivity contribution in [2.45, 2.75) is 106 Å². The second-order valence-corrected chi connectivity index (χ2v) is 19.9. The van der Waals surface area contributed by atoms with Crippen molar-refractivity contribution in [3.63, 3.8) is 0 Å². The molecule has 0 amide bonds. The Bertz CT molecular complexity index is 3040. The van der Waals surface area contributed by atoms with Crippen molar-refractivity contribution in [2.24, 2.45) is 0 Å². The van der Waals surface area contributed by atoms with E-state index in [1.54, 1.807) is 0 Å². The smallest absolute Gasteiger partial charge is 0.135 e. The van der Waals surface area contributed by atoms with Gasteiger partial charge in [-0.15, -0.1) is 47.0 Å². The van der Waals surface area contributed by atoms with Gasteiger partial charge in [0.25, 0.3) is 0 Å². The fourth-order valence-corrected chi connectivity index (χ4v) is 9.80. The molecule has 3 heterocycles. The number of hydrogen-bond donors (Lipinski definition) is 0. The number of hydrogen-bond acceptors (Lipinski definition) is 4. The number of aryl methyl sites for hydroxylation is 3. The molecule has 0 fully saturated rings. The normalized spacial score (nSPS) is 12.9. The minimum absolute atomic E-state index is 0. The number of rotatable bonds is 9. The summed E-state index contributed by atoms with van der Waals surface area (Å²) >= 11 is 0. The summed E-state index contributed by atoms with van der Waals surface area (Å²) in [5.41, 5.74) is 18.9. The third-order valence-corrected chi connectivity index (χ3v) is 13.0. The van der Waals surface area contributed by atoms with Gasteiger partial charge < -0.3 is 19.1 Å². The zero-order valence-electron chi connectivity index (χ0n) is 40.2. The van der Waals surface area contributed by atoms with Crippen molar-refractivity contribution < 1.29 is 25.8 Å². The first-order chi connectivity index (χ1) is 30.5. The molecule has 0 unspecified atom stereocenters. The van der Waals surface area contributed by atoms with E-state index in [0.717, 1.165) is 50.2 Å². The zero-order chi connectivity index (χ0) is 45.4. The molecule has 0 atom stereocenters. The number of benzene rings is 6. The average Bonchev–Trinajstić information content (AvgIpc) is 3.76. The van der Waals surface area contributed by atoms with Crippen LogP contribution in [0.2, 0.25) is 0 Å². The summed E-state index contributed by atoms with van der Waals surface area (Å²) in [4.78, 5) is 9.49. The SMILES string of the molecule is Cc1cc(C)c(-c2cc(Oc3[c-]c4c(cc3)c3cccc(-c5c(C(C)C)cc(C(C)C)cc5C(C)C)c3n4-c3cc(C(C)(C)C)ccn3)[c-]c(N3[CH-]N(C)c4ccccc43)c2)c(C)c1.[Pt]. The van der Waals surface area contributed by atoms with Crippen LogP contribution < -0.4 is 14.5 Å². The Morgan fingerprint density at radius 1 is 0.662 bits per heavy atom. The Morgan fingerprint density at radius 3 is 1.98 bits per heavy atom. The predicted molar refractivity (Wildman–Crippen MR) is 270 cm³/mol. The van der Waals surface area contributed by atoms with E-state index < -0.39 is 0 Å². The standard InChI is InChI=1S/C59H61N4O.Pt/c1-35(2)41-29-50(36(3)4)57(51(30-41)37(5)6)49-18-16-17-48-47-22-21-45(33-54(47)63(58(48)49)55-31-43(23-24-60-55)59(10,11)12)64-46-28-42(56-39(8)25-38(7)26-40(56)9)27-44(32-46)62-34-61(13)52-19-14-15-20-53(52)62;/h14-31,34-37H,1-13H3;/q-3;. The van der Waals surface area contributed by atoms with Crippen LogP contribution in [-0.2, 0) is 26.5 Å². The number of para-hydroxylation sites is 3. The van der Waals surface area contributed by atoms with Gasteiger partial charge in [-0.3, -0.25) is 0 Å². The number of anilines is 3. The molecule has 1 aliphatic heterocycles. The summed E-state index contributed by atoms with van der Waals surface area (Å²) in [7, 11) is 2.09. The quantitative estimate of drug-likeness (QED) is 0.135. The number of pyridine rings is 1. The molecular formula is C59H61N4OPt-3. The Hall–Kier alpha value is -5.64. The number of nitrogens with zero attached hydrogens (tertiary/aromatic N) is 4. The van der Waals surface area contributed by atoms with Gasteiger partial charge in [-0.2, -0.15) is 12.7 Å². The van der Waals surface area contributed by atoms with E-state index in [1.165, 1.54) is 55.6 Å². The van der Waals surface area contributed by atoms with Crippen molar-refractivity contribution in [1.29, 1.82) is 0 Å². The van der Waals surface area contributed by atoms with Crippen LogP contribution in [0.4, 0.5) is 17.1 Å². The fraction of sp³-hybridized carbons (Fsp3) is 0.288.